The standard InChI is InChI=1S/C18H26N6O2/c1-3-13(2)20-18(26)19-8-11-24-16-7-6-14(12-15(16)21-22-24)17(25)23-9-4-5-10-23/h6-7,12-13H,3-5,8-11H2,1-2H3,(H2,19,20,26). The van der Waals surface area contributed by atoms with Crippen molar-refractivity contribution in [3.8, 4) is 0 Å². The summed E-state index contributed by atoms with van der Waals surface area (Å²) in [4.78, 5) is 26.1. The summed E-state index contributed by atoms with van der Waals surface area (Å²) in [7, 11) is 0. The van der Waals surface area contributed by atoms with Gasteiger partial charge in [-0.15, -0.1) is 5.10 Å². The molecule has 1 aliphatic heterocycles. The van der Waals surface area contributed by atoms with E-state index in [1.54, 1.807) is 10.7 Å². The summed E-state index contributed by atoms with van der Waals surface area (Å²) in [5.74, 6) is 0.0577. The topological polar surface area (TPSA) is 92.1 Å². The van der Waals surface area contributed by atoms with Gasteiger partial charge in [0.2, 0.25) is 0 Å². The predicted octanol–water partition coefficient (Wildman–Crippen LogP) is 1.76. The fourth-order valence-electron chi connectivity index (χ4n) is 3.03. The van der Waals surface area contributed by atoms with Crippen molar-refractivity contribution in [1.29, 1.82) is 0 Å². The Morgan fingerprint density at radius 2 is 2.04 bits per heavy atom. The Morgan fingerprint density at radius 1 is 1.27 bits per heavy atom. The van der Waals surface area contributed by atoms with Crippen molar-refractivity contribution in [2.24, 2.45) is 0 Å². The normalized spacial score (nSPS) is 15.2. The van der Waals surface area contributed by atoms with Crippen LogP contribution in [0.25, 0.3) is 11.0 Å². The van der Waals surface area contributed by atoms with Crippen LogP contribution in [-0.2, 0) is 6.54 Å². The highest BCUT2D eigenvalue weighted by Crippen LogP contribution is 2.17. The van der Waals surface area contributed by atoms with Crippen molar-refractivity contribution < 1.29 is 9.59 Å². The number of likely N-dealkylation sites (tertiary alicyclic amines) is 1. The van der Waals surface area contributed by atoms with Gasteiger partial charge in [-0.1, -0.05) is 12.1 Å². The molecule has 1 aromatic carbocycles. The minimum Gasteiger partial charge on any atom is -0.339 e. The molecule has 2 aromatic rings. The van der Waals surface area contributed by atoms with Crippen LogP contribution in [0.15, 0.2) is 18.2 Å². The van der Waals surface area contributed by atoms with E-state index in [-0.39, 0.29) is 18.0 Å². The maximum atomic E-state index is 12.5. The van der Waals surface area contributed by atoms with E-state index in [4.69, 9.17) is 0 Å². The van der Waals surface area contributed by atoms with Crippen LogP contribution in [-0.4, -0.2) is 57.5 Å². The number of hydrogen-bond acceptors (Lipinski definition) is 4. The van der Waals surface area contributed by atoms with Gasteiger partial charge in [0.25, 0.3) is 5.91 Å². The molecule has 8 nitrogen and oxygen atoms in total. The summed E-state index contributed by atoms with van der Waals surface area (Å²) in [6, 6.07) is 5.46. The highest BCUT2D eigenvalue weighted by Gasteiger charge is 2.20. The van der Waals surface area contributed by atoms with E-state index in [9.17, 15) is 9.59 Å². The third-order valence-corrected chi connectivity index (χ3v) is 4.75. The van der Waals surface area contributed by atoms with E-state index in [1.807, 2.05) is 30.9 Å². The maximum Gasteiger partial charge on any atom is 0.315 e. The Labute approximate surface area is 152 Å². The zero-order chi connectivity index (χ0) is 18.5. The first-order chi connectivity index (χ1) is 12.6. The predicted molar refractivity (Wildman–Crippen MR) is 99.0 cm³/mol. The minimum absolute atomic E-state index is 0.0577. The molecule has 0 aliphatic carbocycles. The van der Waals surface area contributed by atoms with E-state index >= 15 is 0 Å². The van der Waals surface area contributed by atoms with Crippen molar-refractivity contribution in [3.05, 3.63) is 23.8 Å². The molecule has 1 fully saturated rings. The zero-order valence-corrected chi connectivity index (χ0v) is 15.4. The number of carbonyl (C=O) groups excluding carboxylic acids is 2. The lowest BCUT2D eigenvalue weighted by Gasteiger charge is -2.15. The molecule has 2 N–H and O–H groups in total. The molecule has 0 spiro atoms. The average molecular weight is 358 g/mol. The van der Waals surface area contributed by atoms with Crippen LogP contribution in [0.1, 0.15) is 43.5 Å². The van der Waals surface area contributed by atoms with Crippen LogP contribution in [0.3, 0.4) is 0 Å². The molecule has 140 valence electrons. The summed E-state index contributed by atoms with van der Waals surface area (Å²) in [6.07, 6.45) is 3.03. The minimum atomic E-state index is -0.178. The summed E-state index contributed by atoms with van der Waals surface area (Å²) in [5.41, 5.74) is 2.20. The number of nitrogens with zero attached hydrogens (tertiary/aromatic N) is 4. The van der Waals surface area contributed by atoms with Gasteiger partial charge in [-0.25, -0.2) is 9.48 Å². The number of aromatic nitrogens is 3. The zero-order valence-electron chi connectivity index (χ0n) is 15.4. The number of hydrogen-bond donors (Lipinski definition) is 2. The Kier molecular flexibility index (Phi) is 5.70. The second-order valence-electron chi connectivity index (χ2n) is 6.72. The van der Waals surface area contributed by atoms with E-state index in [1.165, 1.54) is 0 Å². The lowest BCUT2D eigenvalue weighted by atomic mass is 10.1. The first-order valence-electron chi connectivity index (χ1n) is 9.25. The van der Waals surface area contributed by atoms with Crippen LogP contribution < -0.4 is 10.6 Å². The molecule has 1 atom stereocenters. The first-order valence-corrected chi connectivity index (χ1v) is 9.25. The fourth-order valence-corrected chi connectivity index (χ4v) is 3.03. The Bertz CT molecular complexity index is 781. The van der Waals surface area contributed by atoms with Gasteiger partial charge in [-0.2, -0.15) is 0 Å². The first kappa shape index (κ1) is 18.2. The second-order valence-corrected chi connectivity index (χ2v) is 6.72. The third kappa shape index (κ3) is 4.12. The molecule has 3 rings (SSSR count). The van der Waals surface area contributed by atoms with Gasteiger partial charge in [-0.05, 0) is 44.4 Å². The monoisotopic (exact) mass is 358 g/mol. The Morgan fingerprint density at radius 3 is 2.77 bits per heavy atom. The fraction of sp³-hybridized carbons (Fsp3) is 0.556. The van der Waals surface area contributed by atoms with Crippen LogP contribution in [0, 0.1) is 0 Å². The molecule has 0 radical (unpaired) electrons. The van der Waals surface area contributed by atoms with Gasteiger partial charge in [-0.3, -0.25) is 4.79 Å². The number of amides is 3. The second kappa shape index (κ2) is 8.16. The highest BCUT2D eigenvalue weighted by molar-refractivity contribution is 5.97. The molecular formula is C18H26N6O2. The maximum absolute atomic E-state index is 12.5. The molecule has 1 saturated heterocycles. The molecule has 26 heavy (non-hydrogen) atoms. The van der Waals surface area contributed by atoms with Crippen molar-refractivity contribution in [1.82, 2.24) is 30.5 Å². The molecule has 8 heteroatoms. The van der Waals surface area contributed by atoms with Gasteiger partial charge in [0, 0.05) is 31.2 Å². The van der Waals surface area contributed by atoms with Crippen LogP contribution >= 0.6 is 0 Å². The molecule has 0 bridgehead atoms. The molecule has 1 aromatic heterocycles. The van der Waals surface area contributed by atoms with Crippen LogP contribution in [0.2, 0.25) is 0 Å². The van der Waals surface area contributed by atoms with Crippen LogP contribution in [0.4, 0.5) is 4.79 Å². The molecule has 3 amide bonds. The van der Waals surface area contributed by atoms with Gasteiger partial charge >= 0.3 is 6.03 Å². The van der Waals surface area contributed by atoms with Gasteiger partial charge in [0.05, 0.1) is 12.1 Å². The number of carbonyl (C=O) groups is 2. The van der Waals surface area contributed by atoms with Crippen molar-refractivity contribution in [2.45, 2.75) is 45.7 Å². The molecule has 1 aliphatic rings. The smallest absolute Gasteiger partial charge is 0.315 e. The van der Waals surface area contributed by atoms with E-state index < -0.39 is 0 Å². The summed E-state index contributed by atoms with van der Waals surface area (Å²) in [6.45, 7) is 6.61. The number of rotatable bonds is 6. The van der Waals surface area contributed by atoms with Gasteiger partial charge in [0.15, 0.2) is 0 Å². The van der Waals surface area contributed by atoms with E-state index in [0.29, 0.717) is 24.2 Å². The van der Waals surface area contributed by atoms with E-state index in [2.05, 4.69) is 20.9 Å². The lowest BCUT2D eigenvalue weighted by Crippen LogP contribution is -2.41. The largest absolute Gasteiger partial charge is 0.339 e. The summed E-state index contributed by atoms with van der Waals surface area (Å²) in [5, 5.41) is 14.0. The van der Waals surface area contributed by atoms with Gasteiger partial charge < -0.3 is 15.5 Å². The summed E-state index contributed by atoms with van der Waals surface area (Å²) < 4.78 is 1.74. The van der Waals surface area contributed by atoms with Crippen LogP contribution in [0.5, 0.6) is 0 Å². The lowest BCUT2D eigenvalue weighted by molar-refractivity contribution is 0.0793. The number of nitrogens with one attached hydrogen (secondary N) is 2. The molecule has 1 unspecified atom stereocenters. The van der Waals surface area contributed by atoms with Crippen molar-refractivity contribution >= 4 is 23.0 Å². The number of fused-ring (bicyclic) bond motifs is 1. The molecule has 2 heterocycles. The third-order valence-electron chi connectivity index (χ3n) is 4.75. The highest BCUT2D eigenvalue weighted by atomic mass is 16.2. The SMILES string of the molecule is CCC(C)NC(=O)NCCn1nnc2cc(C(=O)N3CCCC3)ccc21. The van der Waals surface area contributed by atoms with Gasteiger partial charge in [0.1, 0.15) is 5.52 Å². The number of benzene rings is 1. The summed E-state index contributed by atoms with van der Waals surface area (Å²) >= 11 is 0. The average Bonchev–Trinajstić information content (AvgIpc) is 3.30. The van der Waals surface area contributed by atoms with Crippen molar-refractivity contribution in [2.75, 3.05) is 19.6 Å². The number of urea groups is 1. The Hall–Kier alpha value is -2.64. The molecule has 0 saturated carbocycles. The Balaban J connectivity index is 1.60. The van der Waals surface area contributed by atoms with E-state index in [0.717, 1.165) is 37.9 Å². The quantitative estimate of drug-likeness (QED) is 0.823. The van der Waals surface area contributed by atoms with Crippen molar-refractivity contribution in [3.63, 3.8) is 0 Å². The molecular weight excluding hydrogens is 332 g/mol.